The van der Waals surface area contributed by atoms with Crippen molar-refractivity contribution in [3.05, 3.63) is 144 Å². The van der Waals surface area contributed by atoms with Gasteiger partial charge >= 0.3 is 0 Å². The molecule has 2 atom stereocenters. The van der Waals surface area contributed by atoms with E-state index in [1.807, 2.05) is 54.9 Å². The molecule has 0 saturated carbocycles. The fourth-order valence-electron chi connectivity index (χ4n) is 4.75. The molecular formula is C32H34FeN2P2-6. The van der Waals surface area contributed by atoms with Crippen LogP contribution in [-0.4, -0.2) is 9.97 Å². The third kappa shape index (κ3) is 6.37. The van der Waals surface area contributed by atoms with Gasteiger partial charge < -0.3 is 30.3 Å². The minimum absolute atomic E-state index is 0. The van der Waals surface area contributed by atoms with Crippen LogP contribution in [0, 0.1) is 0 Å². The van der Waals surface area contributed by atoms with Crippen molar-refractivity contribution in [2.45, 2.75) is 37.5 Å². The van der Waals surface area contributed by atoms with Crippen molar-refractivity contribution < 1.29 is 17.1 Å². The van der Waals surface area contributed by atoms with Crippen LogP contribution >= 0.6 is 18.5 Å². The minimum atomic E-state index is -0.552. The van der Waals surface area contributed by atoms with Crippen molar-refractivity contribution in [2.24, 2.45) is 0 Å². The largest absolute Gasteiger partial charge is 0.748 e. The molecule has 0 fully saturated rings. The van der Waals surface area contributed by atoms with E-state index in [1.54, 1.807) is 0 Å². The monoisotopic (exact) mass is 564 g/mol. The SMILES string of the molecule is CC(C)(C)[c-]1c(-c2ccccc2)cc(CP)c1C(P)(c1ccccn1)c1ccccn1.[Fe].[cH-]1[cH-][cH-][cH-][cH-]1. The topological polar surface area (TPSA) is 25.8 Å². The Morgan fingerprint density at radius 3 is 1.65 bits per heavy atom. The number of rotatable bonds is 5. The van der Waals surface area contributed by atoms with Crippen LogP contribution in [0.3, 0.4) is 0 Å². The average molecular weight is 564 g/mol. The van der Waals surface area contributed by atoms with Crippen molar-refractivity contribution in [1.29, 1.82) is 0 Å². The van der Waals surface area contributed by atoms with E-state index in [0.717, 1.165) is 17.5 Å². The normalized spacial score (nSPS) is 11.3. The summed E-state index contributed by atoms with van der Waals surface area (Å²) in [7, 11) is 6.06. The Balaban J connectivity index is 0.000000568. The molecule has 0 radical (unpaired) electrons. The number of aromatic nitrogens is 2. The van der Waals surface area contributed by atoms with E-state index in [1.165, 1.54) is 27.8 Å². The molecule has 196 valence electrons. The molecule has 0 N–H and O–H groups in total. The summed E-state index contributed by atoms with van der Waals surface area (Å²) in [6, 6.07) is 35.3. The summed E-state index contributed by atoms with van der Waals surface area (Å²) in [6.07, 6.45) is 4.60. The molecule has 5 rings (SSSR count). The predicted octanol–water partition coefficient (Wildman–Crippen LogP) is 8.11. The summed E-state index contributed by atoms with van der Waals surface area (Å²) < 4.78 is 0. The maximum atomic E-state index is 4.82. The van der Waals surface area contributed by atoms with E-state index >= 15 is 0 Å². The molecule has 0 bridgehead atoms. The maximum Gasteiger partial charge on any atom is 0.0766 e. The van der Waals surface area contributed by atoms with Gasteiger partial charge in [-0.15, -0.1) is 35.2 Å². The molecule has 3 aromatic carbocycles. The first-order valence-electron chi connectivity index (χ1n) is 12.2. The molecule has 2 heterocycles. The van der Waals surface area contributed by atoms with Crippen molar-refractivity contribution >= 4 is 18.5 Å². The Bertz CT molecular complexity index is 1280. The molecule has 37 heavy (non-hydrogen) atoms. The van der Waals surface area contributed by atoms with Gasteiger partial charge in [-0.3, -0.25) is 9.97 Å². The molecule has 0 amide bonds. The summed E-state index contributed by atoms with van der Waals surface area (Å²) in [4.78, 5) is 9.63. The summed E-state index contributed by atoms with van der Waals surface area (Å²) in [5, 5.41) is -0.552. The first-order chi connectivity index (χ1) is 17.4. The quantitative estimate of drug-likeness (QED) is 0.123. The Hall–Kier alpha value is -2.40. The first-order valence-corrected chi connectivity index (χ1v) is 13.6. The van der Waals surface area contributed by atoms with Crippen LogP contribution in [0.15, 0.2) is 116 Å². The molecule has 0 aliphatic heterocycles. The van der Waals surface area contributed by atoms with Gasteiger partial charge in [0.05, 0.1) is 16.5 Å². The van der Waals surface area contributed by atoms with Crippen LogP contribution in [0.4, 0.5) is 0 Å². The molecule has 0 aliphatic carbocycles. The molecule has 5 heteroatoms. The van der Waals surface area contributed by atoms with Gasteiger partial charge in [0.2, 0.25) is 0 Å². The van der Waals surface area contributed by atoms with E-state index in [2.05, 4.69) is 99.9 Å². The van der Waals surface area contributed by atoms with E-state index in [4.69, 9.17) is 9.97 Å². The van der Waals surface area contributed by atoms with E-state index in [-0.39, 0.29) is 22.5 Å². The van der Waals surface area contributed by atoms with Crippen molar-refractivity contribution in [3.8, 4) is 11.1 Å². The van der Waals surface area contributed by atoms with Crippen molar-refractivity contribution in [1.82, 2.24) is 9.97 Å². The second kappa shape index (κ2) is 12.9. The van der Waals surface area contributed by atoms with Gasteiger partial charge in [-0.1, -0.05) is 75.0 Å². The summed E-state index contributed by atoms with van der Waals surface area (Å²) in [5.41, 5.74) is 8.37. The zero-order valence-corrected chi connectivity index (χ0v) is 25.0. The van der Waals surface area contributed by atoms with Crippen molar-refractivity contribution in [2.75, 3.05) is 0 Å². The number of benzene rings is 1. The maximum absolute atomic E-state index is 4.82. The molecule has 2 aromatic heterocycles. The zero-order chi connectivity index (χ0) is 25.6. The number of hydrogen-bond acceptors (Lipinski definition) is 2. The van der Waals surface area contributed by atoms with Crippen LogP contribution < -0.4 is 0 Å². The first kappa shape index (κ1) is 29.2. The number of hydrogen-bond donors (Lipinski definition) is 0. The van der Waals surface area contributed by atoms with E-state index in [0.29, 0.717) is 0 Å². The second-order valence-electron chi connectivity index (χ2n) is 9.85. The van der Waals surface area contributed by atoms with Crippen molar-refractivity contribution in [3.63, 3.8) is 0 Å². The third-order valence-electron chi connectivity index (χ3n) is 6.30. The van der Waals surface area contributed by atoms with Crippen LogP contribution in [0.2, 0.25) is 0 Å². The van der Waals surface area contributed by atoms with Gasteiger partial charge in [-0.25, -0.2) is 0 Å². The predicted molar refractivity (Wildman–Crippen MR) is 160 cm³/mol. The Labute approximate surface area is 237 Å². The Morgan fingerprint density at radius 1 is 0.757 bits per heavy atom. The number of pyridine rings is 2. The number of nitrogens with zero attached hydrogens (tertiary/aromatic N) is 2. The summed E-state index contributed by atoms with van der Waals surface area (Å²) in [5.74, 6) is 0. The molecule has 0 saturated heterocycles. The molecule has 2 unspecified atom stereocenters. The fourth-order valence-corrected chi connectivity index (χ4v) is 5.74. The zero-order valence-electron chi connectivity index (χ0n) is 21.6. The van der Waals surface area contributed by atoms with E-state index < -0.39 is 5.16 Å². The van der Waals surface area contributed by atoms with Gasteiger partial charge in [0.25, 0.3) is 0 Å². The molecule has 2 nitrogen and oxygen atoms in total. The van der Waals surface area contributed by atoms with Crippen LogP contribution in [0.1, 0.15) is 48.8 Å². The van der Waals surface area contributed by atoms with Gasteiger partial charge in [0.1, 0.15) is 0 Å². The minimum Gasteiger partial charge on any atom is -0.748 e. The summed E-state index contributed by atoms with van der Waals surface area (Å²) in [6.45, 7) is 6.90. The fraction of sp³-hybridized carbons (Fsp3) is 0.188. The summed E-state index contributed by atoms with van der Waals surface area (Å²) >= 11 is 0. The molecule has 0 spiro atoms. The average Bonchev–Trinajstić information content (AvgIpc) is 3.62. The van der Waals surface area contributed by atoms with E-state index in [9.17, 15) is 0 Å². The van der Waals surface area contributed by atoms with Gasteiger partial charge in [-0.2, -0.15) is 11.6 Å². The smallest absolute Gasteiger partial charge is 0.0766 e. The van der Waals surface area contributed by atoms with Gasteiger partial charge in [0, 0.05) is 29.5 Å². The third-order valence-corrected chi connectivity index (χ3v) is 7.62. The molecule has 0 aliphatic rings. The van der Waals surface area contributed by atoms with Gasteiger partial charge in [0.15, 0.2) is 0 Å². The molecule has 5 aromatic rings. The Kier molecular flexibility index (Phi) is 10.2. The van der Waals surface area contributed by atoms with Gasteiger partial charge in [-0.05, 0) is 29.7 Å². The van der Waals surface area contributed by atoms with Crippen LogP contribution in [-0.2, 0) is 33.8 Å². The molecular weight excluding hydrogens is 530 g/mol. The van der Waals surface area contributed by atoms with Crippen LogP contribution in [0.25, 0.3) is 11.1 Å². The van der Waals surface area contributed by atoms with Crippen LogP contribution in [0.5, 0.6) is 0 Å². The second-order valence-corrected chi connectivity index (χ2v) is 11.1. The Morgan fingerprint density at radius 2 is 1.24 bits per heavy atom. The standard InChI is InChI=1S/C27H29N2P2.C5H5.Fe/c1-26(2,3)25-21(19-11-5-4-6-12-19)17-20(18-30)24(25)27(31,22-13-7-9-15-28-22)23-14-8-10-16-29-23;1-2-4-5-3-1;/h4-17H,18,30-31H2,1-3H3;1-5H;/q-1;-5;.